The van der Waals surface area contributed by atoms with Crippen LogP contribution in [0.3, 0.4) is 0 Å². The van der Waals surface area contributed by atoms with E-state index >= 15 is 0 Å². The molecule has 4 atom stereocenters. The zero-order chi connectivity index (χ0) is 12.5. The van der Waals surface area contributed by atoms with E-state index < -0.39 is 16.5 Å². The Bertz CT molecular complexity index is 492. The van der Waals surface area contributed by atoms with E-state index in [0.29, 0.717) is 0 Å². The lowest BCUT2D eigenvalue weighted by Crippen LogP contribution is -2.59. The molecule has 17 heavy (non-hydrogen) atoms. The second-order valence-electron chi connectivity index (χ2n) is 6.28. The molecule has 90 valence electrons. The third-order valence-electron chi connectivity index (χ3n) is 5.65. The van der Waals surface area contributed by atoms with Crippen LogP contribution in [0.1, 0.15) is 33.6 Å². The van der Waals surface area contributed by atoms with E-state index in [4.69, 9.17) is 0 Å². The van der Waals surface area contributed by atoms with Gasteiger partial charge in [-0.3, -0.25) is 0 Å². The van der Waals surface area contributed by atoms with Crippen molar-refractivity contribution in [1.82, 2.24) is 0 Å². The zero-order valence-electron chi connectivity index (χ0n) is 10.4. The highest BCUT2D eigenvalue weighted by Crippen LogP contribution is 2.79. The molecule has 1 heterocycles. The number of rotatable bonds is 2. The van der Waals surface area contributed by atoms with Crippen molar-refractivity contribution in [3.63, 3.8) is 0 Å². The normalized spacial score (nSPS) is 52.8. The molecule has 2 saturated carbocycles. The molecule has 0 spiro atoms. The molecule has 0 bridgehead atoms. The number of aliphatic imine (C=N–C) groups is 2. The van der Waals surface area contributed by atoms with Crippen molar-refractivity contribution in [2.24, 2.45) is 26.7 Å². The standard InChI is InChI=1S/C13H16N2O2/c1-10(2)9-4-5-11(3)13(7-17,15-8-14-11)12(9,10)6-16/h6-7,9H,4-5H2,1-3H3. The maximum atomic E-state index is 11.7. The van der Waals surface area contributed by atoms with Crippen molar-refractivity contribution in [2.45, 2.75) is 44.7 Å². The van der Waals surface area contributed by atoms with Gasteiger partial charge in [-0.15, -0.1) is 0 Å². The Morgan fingerprint density at radius 2 is 1.88 bits per heavy atom. The summed E-state index contributed by atoms with van der Waals surface area (Å²) in [6, 6.07) is 2.61. The number of nitrogens with zero attached hydrogens (tertiary/aromatic N) is 2. The summed E-state index contributed by atoms with van der Waals surface area (Å²) in [6.07, 6.45) is 3.52. The summed E-state index contributed by atoms with van der Waals surface area (Å²) in [5.74, 6) is 0.240. The number of hydrogen-bond donors (Lipinski definition) is 0. The van der Waals surface area contributed by atoms with Crippen LogP contribution in [0.2, 0.25) is 0 Å². The molecule has 0 N–H and O–H groups in total. The molecule has 2 fully saturated rings. The molecule has 4 heteroatoms. The van der Waals surface area contributed by atoms with Gasteiger partial charge in [-0.1, -0.05) is 13.8 Å². The predicted molar refractivity (Wildman–Crippen MR) is 62.1 cm³/mol. The molecule has 0 aromatic heterocycles. The van der Waals surface area contributed by atoms with Gasteiger partial charge in [-0.25, -0.2) is 9.98 Å². The van der Waals surface area contributed by atoms with Crippen LogP contribution < -0.4 is 0 Å². The van der Waals surface area contributed by atoms with Crippen LogP contribution in [0, 0.1) is 16.7 Å². The van der Waals surface area contributed by atoms with E-state index in [2.05, 4.69) is 29.8 Å². The summed E-state index contributed by atoms with van der Waals surface area (Å²) in [7, 11) is 0. The molecule has 0 amide bonds. The molecule has 2 aliphatic carbocycles. The number of hydrogen-bond acceptors (Lipinski definition) is 4. The first-order valence-corrected chi connectivity index (χ1v) is 6.03. The molecular formula is C13H16N2O2. The molecule has 0 saturated heterocycles. The van der Waals surface area contributed by atoms with Crippen LogP contribution in [-0.2, 0) is 9.59 Å². The summed E-state index contributed by atoms with van der Waals surface area (Å²) in [5, 5.41) is 0. The highest BCUT2D eigenvalue weighted by Gasteiger charge is 2.86. The minimum atomic E-state index is -1.02. The van der Waals surface area contributed by atoms with Gasteiger partial charge in [0.15, 0.2) is 11.8 Å². The molecule has 0 aromatic carbocycles. The fraction of sp³-hybridized carbons (Fsp3) is 0.769. The Hall–Kier alpha value is -1.28. The molecule has 4 nitrogen and oxygen atoms in total. The third-order valence-corrected chi connectivity index (χ3v) is 5.65. The van der Waals surface area contributed by atoms with Gasteiger partial charge in [0.1, 0.15) is 11.8 Å². The molecular weight excluding hydrogens is 216 g/mol. The fourth-order valence-corrected chi connectivity index (χ4v) is 4.46. The van der Waals surface area contributed by atoms with E-state index in [-0.39, 0.29) is 11.3 Å². The zero-order valence-corrected chi connectivity index (χ0v) is 10.4. The first-order chi connectivity index (χ1) is 7.92. The van der Waals surface area contributed by atoms with Gasteiger partial charge in [0, 0.05) is 0 Å². The van der Waals surface area contributed by atoms with Gasteiger partial charge in [-0.2, -0.15) is 0 Å². The van der Waals surface area contributed by atoms with Crippen LogP contribution in [-0.4, -0.2) is 29.7 Å². The average molecular weight is 232 g/mol. The van der Waals surface area contributed by atoms with E-state index in [1.807, 2.05) is 6.92 Å². The lowest BCUT2D eigenvalue weighted by Gasteiger charge is -2.43. The lowest BCUT2D eigenvalue weighted by molar-refractivity contribution is -0.128. The number of carbonyl (C=O) groups excluding carboxylic acids is 2. The maximum absolute atomic E-state index is 11.7. The third kappa shape index (κ3) is 0.767. The highest BCUT2D eigenvalue weighted by atomic mass is 16.1. The topological polar surface area (TPSA) is 58.9 Å². The first kappa shape index (κ1) is 10.8. The maximum Gasteiger partial charge on any atom is 0.165 e. The van der Waals surface area contributed by atoms with E-state index in [0.717, 1.165) is 25.4 Å². The average Bonchev–Trinajstić information content (AvgIpc) is 2.62. The fourth-order valence-electron chi connectivity index (χ4n) is 4.46. The molecule has 1 aliphatic heterocycles. The van der Waals surface area contributed by atoms with Crippen molar-refractivity contribution in [2.75, 3.05) is 0 Å². The SMILES string of the molecule is CC12CCC3C(C)(C)C3(C=O)C1(C=O)N=C=N2. The molecule has 4 unspecified atom stereocenters. The second kappa shape index (κ2) is 2.59. The van der Waals surface area contributed by atoms with E-state index in [1.165, 1.54) is 0 Å². The summed E-state index contributed by atoms with van der Waals surface area (Å²) >= 11 is 0. The van der Waals surface area contributed by atoms with Crippen molar-refractivity contribution in [1.29, 1.82) is 0 Å². The van der Waals surface area contributed by atoms with Crippen LogP contribution in [0.5, 0.6) is 0 Å². The molecule has 0 aromatic rings. The summed E-state index contributed by atoms with van der Waals surface area (Å²) in [4.78, 5) is 31.9. The van der Waals surface area contributed by atoms with Crippen LogP contribution in [0.4, 0.5) is 0 Å². The van der Waals surface area contributed by atoms with Gasteiger partial charge in [0.25, 0.3) is 0 Å². The smallest absolute Gasteiger partial charge is 0.165 e. The second-order valence-corrected chi connectivity index (χ2v) is 6.28. The van der Waals surface area contributed by atoms with Crippen molar-refractivity contribution in [3.05, 3.63) is 0 Å². The highest BCUT2D eigenvalue weighted by molar-refractivity contribution is 5.87. The van der Waals surface area contributed by atoms with Crippen LogP contribution in [0.15, 0.2) is 9.98 Å². The van der Waals surface area contributed by atoms with Gasteiger partial charge >= 0.3 is 0 Å². The summed E-state index contributed by atoms with van der Waals surface area (Å²) < 4.78 is 0. The quantitative estimate of drug-likeness (QED) is 0.677. The molecule has 3 rings (SSSR count). The monoisotopic (exact) mass is 232 g/mol. The lowest BCUT2D eigenvalue weighted by atomic mass is 9.62. The Morgan fingerprint density at radius 3 is 2.47 bits per heavy atom. The van der Waals surface area contributed by atoms with Crippen LogP contribution in [0.25, 0.3) is 0 Å². The van der Waals surface area contributed by atoms with Crippen molar-refractivity contribution in [3.8, 4) is 0 Å². The van der Waals surface area contributed by atoms with Gasteiger partial charge < -0.3 is 9.59 Å². The Balaban J connectivity index is 2.25. The van der Waals surface area contributed by atoms with Crippen molar-refractivity contribution >= 4 is 18.6 Å². The van der Waals surface area contributed by atoms with Gasteiger partial charge in [0.2, 0.25) is 0 Å². The van der Waals surface area contributed by atoms with E-state index in [9.17, 15) is 9.59 Å². The van der Waals surface area contributed by atoms with Gasteiger partial charge in [0.05, 0.1) is 11.4 Å². The largest absolute Gasteiger partial charge is 0.303 e. The minimum Gasteiger partial charge on any atom is -0.303 e. The first-order valence-electron chi connectivity index (χ1n) is 6.03. The summed E-state index contributed by atoms with van der Waals surface area (Å²) in [6.45, 7) is 6.02. The Labute approximate surface area is 100 Å². The summed E-state index contributed by atoms with van der Waals surface area (Å²) in [5.41, 5.74) is -2.45. The number of aldehydes is 2. The Morgan fingerprint density at radius 1 is 1.18 bits per heavy atom. The number of fused-ring (bicyclic) bond motifs is 3. The minimum absolute atomic E-state index is 0.168. The van der Waals surface area contributed by atoms with Gasteiger partial charge in [-0.05, 0) is 31.1 Å². The van der Waals surface area contributed by atoms with Crippen molar-refractivity contribution < 1.29 is 9.59 Å². The Kier molecular flexibility index (Phi) is 1.65. The van der Waals surface area contributed by atoms with E-state index in [1.54, 1.807) is 0 Å². The number of carbonyl (C=O) groups is 2. The molecule has 3 aliphatic rings. The molecule has 0 radical (unpaired) electrons. The predicted octanol–water partition coefficient (Wildman–Crippen LogP) is 1.51. The van der Waals surface area contributed by atoms with Crippen LogP contribution >= 0.6 is 0 Å².